The number of hydrogen-bond acceptors (Lipinski definition) is 3. The summed E-state index contributed by atoms with van der Waals surface area (Å²) < 4.78 is 0. The van der Waals surface area contributed by atoms with Gasteiger partial charge in [-0.2, -0.15) is 0 Å². The minimum absolute atomic E-state index is 0.481. The molecular formula is C22H24BNO2. The predicted octanol–water partition coefficient (Wildman–Crippen LogP) is 4.07. The van der Waals surface area contributed by atoms with Crippen molar-refractivity contribution in [3.8, 4) is 0 Å². The van der Waals surface area contributed by atoms with Gasteiger partial charge in [0.05, 0.1) is 0 Å². The molecule has 0 saturated carbocycles. The fourth-order valence-electron chi connectivity index (χ4n) is 3.32. The molecule has 0 aliphatic rings. The van der Waals surface area contributed by atoms with E-state index in [1.54, 1.807) is 12.1 Å². The molecule has 0 heterocycles. The highest BCUT2D eigenvalue weighted by molar-refractivity contribution is 6.58. The molecule has 0 amide bonds. The highest BCUT2D eigenvalue weighted by atomic mass is 16.4. The molecule has 0 aliphatic heterocycles. The Morgan fingerprint density at radius 3 is 1.50 bits per heavy atom. The van der Waals surface area contributed by atoms with Gasteiger partial charge in [-0.05, 0) is 68.6 Å². The zero-order chi connectivity index (χ0) is 18.8. The average Bonchev–Trinajstić information content (AvgIpc) is 2.59. The summed E-state index contributed by atoms with van der Waals surface area (Å²) in [4.78, 5) is 2.22. The number of hydrogen-bond donors (Lipinski definition) is 2. The van der Waals surface area contributed by atoms with Crippen LogP contribution in [0.2, 0.25) is 0 Å². The lowest BCUT2D eigenvalue weighted by Crippen LogP contribution is -2.29. The fraction of sp³-hybridized carbons (Fsp3) is 0.182. The lowest BCUT2D eigenvalue weighted by atomic mass is 9.80. The maximum Gasteiger partial charge on any atom is 0.488 e. The number of aryl methyl sites for hydroxylation is 4. The lowest BCUT2D eigenvalue weighted by Gasteiger charge is -2.29. The normalized spacial score (nSPS) is 10.7. The van der Waals surface area contributed by atoms with Crippen molar-refractivity contribution in [1.29, 1.82) is 0 Å². The zero-order valence-electron chi connectivity index (χ0n) is 15.7. The third-order valence-corrected chi connectivity index (χ3v) is 4.64. The van der Waals surface area contributed by atoms with Gasteiger partial charge in [0.15, 0.2) is 0 Å². The van der Waals surface area contributed by atoms with Crippen LogP contribution in [0.1, 0.15) is 22.3 Å². The number of benzene rings is 3. The van der Waals surface area contributed by atoms with Crippen LogP contribution in [0.4, 0.5) is 17.1 Å². The van der Waals surface area contributed by atoms with Crippen LogP contribution in [0.25, 0.3) is 0 Å². The molecule has 3 nitrogen and oxygen atoms in total. The third-order valence-electron chi connectivity index (χ3n) is 4.64. The van der Waals surface area contributed by atoms with Crippen LogP contribution >= 0.6 is 0 Å². The number of nitrogens with zero attached hydrogens (tertiary/aromatic N) is 1. The molecule has 132 valence electrons. The van der Waals surface area contributed by atoms with Gasteiger partial charge < -0.3 is 14.9 Å². The molecule has 0 saturated heterocycles. The molecule has 0 unspecified atom stereocenters. The smallest absolute Gasteiger partial charge is 0.423 e. The second-order valence-electron chi connectivity index (χ2n) is 6.88. The highest BCUT2D eigenvalue weighted by Crippen LogP contribution is 2.38. The minimum atomic E-state index is -1.46. The van der Waals surface area contributed by atoms with Gasteiger partial charge in [0.1, 0.15) is 0 Å². The van der Waals surface area contributed by atoms with Crippen molar-refractivity contribution in [3.63, 3.8) is 0 Å². The van der Waals surface area contributed by atoms with E-state index >= 15 is 0 Å². The second-order valence-corrected chi connectivity index (χ2v) is 6.88. The van der Waals surface area contributed by atoms with E-state index in [0.717, 1.165) is 17.1 Å². The van der Waals surface area contributed by atoms with Gasteiger partial charge in [-0.3, -0.25) is 0 Å². The van der Waals surface area contributed by atoms with E-state index in [1.807, 2.05) is 12.1 Å². The highest BCUT2D eigenvalue weighted by Gasteiger charge is 2.18. The van der Waals surface area contributed by atoms with Crippen molar-refractivity contribution < 1.29 is 10.0 Å². The Labute approximate surface area is 155 Å². The van der Waals surface area contributed by atoms with Crippen LogP contribution in [0.15, 0.2) is 60.7 Å². The first-order valence-corrected chi connectivity index (χ1v) is 8.77. The minimum Gasteiger partial charge on any atom is -0.423 e. The maximum absolute atomic E-state index is 9.38. The Kier molecular flexibility index (Phi) is 5.17. The summed E-state index contributed by atoms with van der Waals surface area (Å²) in [5.41, 5.74) is 8.52. The van der Waals surface area contributed by atoms with E-state index in [1.165, 1.54) is 22.3 Å². The number of anilines is 3. The van der Waals surface area contributed by atoms with Crippen molar-refractivity contribution in [1.82, 2.24) is 0 Å². The van der Waals surface area contributed by atoms with Gasteiger partial charge in [0, 0.05) is 17.1 Å². The van der Waals surface area contributed by atoms with E-state index in [2.05, 4.69) is 69.0 Å². The summed E-state index contributed by atoms with van der Waals surface area (Å²) >= 11 is 0. The molecule has 0 aliphatic carbocycles. The molecular weight excluding hydrogens is 321 g/mol. The Morgan fingerprint density at radius 1 is 0.654 bits per heavy atom. The summed E-state index contributed by atoms with van der Waals surface area (Å²) in [6, 6.07) is 20.2. The molecule has 0 spiro atoms. The van der Waals surface area contributed by atoms with Crippen LogP contribution in [0.3, 0.4) is 0 Å². The van der Waals surface area contributed by atoms with Crippen LogP contribution in [-0.2, 0) is 0 Å². The Morgan fingerprint density at radius 2 is 1.12 bits per heavy atom. The standard InChI is InChI=1S/C22H24BNO2/c1-15-5-11-21(17(3)13-15)24(22-12-6-16(2)14-18(22)4)20-9-7-19(8-10-20)23(25)26/h5-14,25-26H,1-4H3. The topological polar surface area (TPSA) is 43.7 Å². The predicted molar refractivity (Wildman–Crippen MR) is 110 cm³/mol. The van der Waals surface area contributed by atoms with E-state index in [-0.39, 0.29) is 0 Å². The van der Waals surface area contributed by atoms with Gasteiger partial charge in [0.2, 0.25) is 0 Å². The molecule has 0 radical (unpaired) electrons. The fourth-order valence-corrected chi connectivity index (χ4v) is 3.32. The molecule has 3 aromatic carbocycles. The molecule has 3 rings (SSSR count). The Balaban J connectivity index is 2.18. The van der Waals surface area contributed by atoms with Crippen molar-refractivity contribution in [2.75, 3.05) is 4.90 Å². The summed E-state index contributed by atoms with van der Waals surface area (Å²) in [5, 5.41) is 18.8. The number of rotatable bonds is 4. The molecule has 2 N–H and O–H groups in total. The van der Waals surface area contributed by atoms with Gasteiger partial charge in [-0.25, -0.2) is 0 Å². The lowest BCUT2D eigenvalue weighted by molar-refractivity contribution is 0.426. The quantitative estimate of drug-likeness (QED) is 0.701. The van der Waals surface area contributed by atoms with E-state index in [0.29, 0.717) is 5.46 Å². The Bertz CT molecular complexity index is 868. The molecule has 4 heteroatoms. The third kappa shape index (κ3) is 3.67. The largest absolute Gasteiger partial charge is 0.488 e. The van der Waals surface area contributed by atoms with Crippen LogP contribution in [0, 0.1) is 27.7 Å². The van der Waals surface area contributed by atoms with Gasteiger partial charge in [-0.1, -0.05) is 47.5 Å². The van der Waals surface area contributed by atoms with Crippen LogP contribution < -0.4 is 10.4 Å². The monoisotopic (exact) mass is 345 g/mol. The van der Waals surface area contributed by atoms with E-state index in [9.17, 15) is 10.0 Å². The summed E-state index contributed by atoms with van der Waals surface area (Å²) in [6.45, 7) is 8.42. The first-order chi connectivity index (χ1) is 12.4. The second kappa shape index (κ2) is 7.36. The maximum atomic E-state index is 9.38. The first kappa shape index (κ1) is 18.2. The summed E-state index contributed by atoms with van der Waals surface area (Å²) in [5.74, 6) is 0. The van der Waals surface area contributed by atoms with Crippen LogP contribution in [-0.4, -0.2) is 17.2 Å². The SMILES string of the molecule is Cc1ccc(N(c2ccc(B(O)O)cc2)c2ccc(C)cc2C)c(C)c1. The van der Waals surface area contributed by atoms with E-state index < -0.39 is 7.12 Å². The molecule has 0 fully saturated rings. The Hall–Kier alpha value is -2.56. The van der Waals surface area contributed by atoms with Crippen molar-refractivity contribution in [2.24, 2.45) is 0 Å². The molecule has 0 bridgehead atoms. The van der Waals surface area contributed by atoms with Gasteiger partial charge in [-0.15, -0.1) is 0 Å². The summed E-state index contributed by atoms with van der Waals surface area (Å²) in [6.07, 6.45) is 0. The first-order valence-electron chi connectivity index (χ1n) is 8.77. The average molecular weight is 345 g/mol. The van der Waals surface area contributed by atoms with Crippen molar-refractivity contribution in [3.05, 3.63) is 82.9 Å². The van der Waals surface area contributed by atoms with Crippen molar-refractivity contribution >= 4 is 29.6 Å². The molecule has 3 aromatic rings. The van der Waals surface area contributed by atoms with E-state index in [4.69, 9.17) is 0 Å². The van der Waals surface area contributed by atoms with Gasteiger partial charge >= 0.3 is 7.12 Å². The zero-order valence-corrected chi connectivity index (χ0v) is 15.7. The van der Waals surface area contributed by atoms with Crippen LogP contribution in [0.5, 0.6) is 0 Å². The molecule has 0 aromatic heterocycles. The molecule has 0 atom stereocenters. The molecule has 26 heavy (non-hydrogen) atoms. The van der Waals surface area contributed by atoms with Crippen molar-refractivity contribution in [2.45, 2.75) is 27.7 Å². The summed E-state index contributed by atoms with van der Waals surface area (Å²) in [7, 11) is -1.46. The van der Waals surface area contributed by atoms with Gasteiger partial charge in [0.25, 0.3) is 0 Å².